The van der Waals surface area contributed by atoms with Crippen LogP contribution in [0.2, 0.25) is 0 Å². The number of rotatable bonds is 9. The van der Waals surface area contributed by atoms with Crippen LogP contribution in [0.4, 0.5) is 15.9 Å². The second-order valence-electron chi connectivity index (χ2n) is 8.59. The first-order valence-corrected chi connectivity index (χ1v) is 12.2. The summed E-state index contributed by atoms with van der Waals surface area (Å²) in [6.45, 7) is 4.59. The van der Waals surface area contributed by atoms with Gasteiger partial charge in [-0.3, -0.25) is 4.79 Å². The van der Waals surface area contributed by atoms with E-state index in [1.54, 1.807) is 6.07 Å². The van der Waals surface area contributed by atoms with Crippen LogP contribution < -0.4 is 15.4 Å². The van der Waals surface area contributed by atoms with Gasteiger partial charge in [-0.2, -0.15) is 0 Å². The number of amides is 1. The molecule has 0 unspecified atom stereocenters. The summed E-state index contributed by atoms with van der Waals surface area (Å²) in [5, 5.41) is 7.03. The number of fused-ring (bicyclic) bond motifs is 1. The zero-order valence-corrected chi connectivity index (χ0v) is 20.5. The van der Waals surface area contributed by atoms with Crippen LogP contribution in [0.1, 0.15) is 34.5 Å². The van der Waals surface area contributed by atoms with E-state index in [0.717, 1.165) is 43.4 Å². The lowest BCUT2D eigenvalue weighted by molar-refractivity contribution is 0.00763. The number of carbonyl (C=O) groups is 1. The number of ether oxygens (including phenoxy) is 2. The van der Waals surface area contributed by atoms with E-state index in [1.165, 1.54) is 29.8 Å². The Kier molecular flexibility index (Phi) is 7.91. The Morgan fingerprint density at radius 2 is 2.21 bits per heavy atom. The van der Waals surface area contributed by atoms with E-state index in [2.05, 4.69) is 25.5 Å². The second-order valence-corrected chi connectivity index (χ2v) is 9.59. The number of nitrogens with one attached hydrogen (secondary N) is 2. The third-order valence-electron chi connectivity index (χ3n) is 5.61. The number of benzene rings is 1. The molecule has 1 fully saturated rings. The Balaban J connectivity index is 1.56. The summed E-state index contributed by atoms with van der Waals surface area (Å²) >= 11 is 1.33. The summed E-state index contributed by atoms with van der Waals surface area (Å²) in [6.07, 6.45) is 3.95. The largest absolute Gasteiger partial charge is 0.486 e. The van der Waals surface area contributed by atoms with Gasteiger partial charge in [-0.1, -0.05) is 0 Å². The topological polar surface area (TPSA) is 88.6 Å². The van der Waals surface area contributed by atoms with Crippen LogP contribution in [0.25, 0.3) is 10.2 Å². The van der Waals surface area contributed by atoms with E-state index in [4.69, 9.17) is 9.47 Å². The summed E-state index contributed by atoms with van der Waals surface area (Å²) in [6, 6.07) is 4.36. The first kappa shape index (κ1) is 24.3. The predicted octanol–water partition coefficient (Wildman–Crippen LogP) is 4.12. The lowest BCUT2D eigenvalue weighted by atomic mass is 10.1. The molecule has 4 rings (SSSR count). The molecule has 8 nitrogen and oxygen atoms in total. The highest BCUT2D eigenvalue weighted by Gasteiger charge is 2.21. The molecule has 1 atom stereocenters. The Morgan fingerprint density at radius 1 is 1.35 bits per heavy atom. The molecule has 1 aliphatic heterocycles. The van der Waals surface area contributed by atoms with E-state index >= 15 is 0 Å². The van der Waals surface area contributed by atoms with E-state index < -0.39 is 0 Å². The maximum absolute atomic E-state index is 14.0. The van der Waals surface area contributed by atoms with Gasteiger partial charge in [-0.05, 0) is 64.5 Å². The molecule has 0 saturated carbocycles. The molecule has 10 heteroatoms. The number of thiophene rings is 1. The molecule has 1 aromatic carbocycles. The molecule has 0 aliphatic carbocycles. The van der Waals surface area contributed by atoms with Crippen molar-refractivity contribution in [1.29, 1.82) is 0 Å². The number of aryl methyl sites for hydroxylation is 1. The standard InChI is InChI=1S/C24H30FN5O3S/c1-15-20-22(27-14-28-24(20)34-21(15)23(31)26-9-5-10-30(2)3)29-18-8-7-16(25)12-19(18)33-17-6-4-11-32-13-17/h7-8,12,14,17H,4-6,9-11,13H2,1-3H3,(H,26,31)(H,27,28,29)/t17-/m1/s1. The molecule has 34 heavy (non-hydrogen) atoms. The van der Waals surface area contributed by atoms with Gasteiger partial charge in [0.15, 0.2) is 0 Å². The Hall–Kier alpha value is -2.82. The molecular weight excluding hydrogens is 457 g/mol. The van der Waals surface area contributed by atoms with Gasteiger partial charge in [0.25, 0.3) is 5.91 Å². The number of aromatic nitrogens is 2. The molecule has 0 spiro atoms. The van der Waals surface area contributed by atoms with Gasteiger partial charge in [0.1, 0.15) is 34.6 Å². The lowest BCUT2D eigenvalue weighted by Crippen LogP contribution is -2.28. The molecule has 3 aromatic rings. The van der Waals surface area contributed by atoms with Crippen LogP contribution in [0.3, 0.4) is 0 Å². The van der Waals surface area contributed by atoms with Crippen LogP contribution in [-0.4, -0.2) is 67.3 Å². The van der Waals surface area contributed by atoms with Gasteiger partial charge in [0, 0.05) is 19.2 Å². The van der Waals surface area contributed by atoms with Crippen LogP contribution in [-0.2, 0) is 4.74 Å². The van der Waals surface area contributed by atoms with E-state index in [9.17, 15) is 9.18 Å². The van der Waals surface area contributed by atoms with Crippen molar-refractivity contribution < 1.29 is 18.7 Å². The van der Waals surface area contributed by atoms with Crippen molar-refractivity contribution in [3.63, 3.8) is 0 Å². The summed E-state index contributed by atoms with van der Waals surface area (Å²) in [5.74, 6) is 0.439. The lowest BCUT2D eigenvalue weighted by Gasteiger charge is -2.24. The van der Waals surface area contributed by atoms with Crippen molar-refractivity contribution in [2.45, 2.75) is 32.3 Å². The predicted molar refractivity (Wildman–Crippen MR) is 132 cm³/mol. The monoisotopic (exact) mass is 487 g/mol. The Labute approximate surface area is 202 Å². The zero-order valence-electron chi connectivity index (χ0n) is 19.7. The summed E-state index contributed by atoms with van der Waals surface area (Å²) < 4.78 is 25.6. The summed E-state index contributed by atoms with van der Waals surface area (Å²) in [7, 11) is 4.01. The number of hydrogen-bond acceptors (Lipinski definition) is 8. The Bertz CT molecular complexity index is 1150. The number of hydrogen-bond donors (Lipinski definition) is 2. The van der Waals surface area contributed by atoms with Crippen molar-refractivity contribution in [2.24, 2.45) is 0 Å². The van der Waals surface area contributed by atoms with E-state index in [1.807, 2.05) is 21.0 Å². The maximum atomic E-state index is 14.0. The molecule has 3 heterocycles. The normalized spacial score (nSPS) is 16.1. The minimum Gasteiger partial charge on any atom is -0.486 e. The molecule has 182 valence electrons. The van der Waals surface area contributed by atoms with Crippen LogP contribution in [0, 0.1) is 12.7 Å². The minimum atomic E-state index is -0.384. The fourth-order valence-electron chi connectivity index (χ4n) is 3.87. The van der Waals surface area contributed by atoms with Gasteiger partial charge >= 0.3 is 0 Å². The zero-order chi connectivity index (χ0) is 24.1. The number of carbonyl (C=O) groups excluding carboxylic acids is 1. The molecular formula is C24H30FN5O3S. The fourth-order valence-corrected chi connectivity index (χ4v) is 4.93. The average Bonchev–Trinajstić information content (AvgIpc) is 3.16. The average molecular weight is 488 g/mol. The SMILES string of the molecule is Cc1c(C(=O)NCCCN(C)C)sc2ncnc(Nc3ccc(F)cc3O[C@@H]3CCCOC3)c12. The van der Waals surface area contributed by atoms with Crippen LogP contribution in [0.15, 0.2) is 24.5 Å². The molecule has 2 N–H and O–H groups in total. The van der Waals surface area contributed by atoms with Crippen LogP contribution in [0.5, 0.6) is 5.75 Å². The third kappa shape index (κ3) is 5.81. The van der Waals surface area contributed by atoms with Crippen molar-refractivity contribution >= 4 is 39.0 Å². The minimum absolute atomic E-state index is 0.117. The second kappa shape index (κ2) is 11.1. The number of anilines is 2. The first-order chi connectivity index (χ1) is 16.4. The van der Waals surface area contributed by atoms with Crippen molar-refractivity contribution in [1.82, 2.24) is 20.2 Å². The fraction of sp³-hybridized carbons (Fsp3) is 0.458. The molecule has 1 saturated heterocycles. The molecule has 0 bridgehead atoms. The maximum Gasteiger partial charge on any atom is 0.261 e. The van der Waals surface area contributed by atoms with E-state index in [0.29, 0.717) is 40.1 Å². The van der Waals surface area contributed by atoms with Gasteiger partial charge in [-0.25, -0.2) is 14.4 Å². The highest BCUT2D eigenvalue weighted by molar-refractivity contribution is 7.20. The summed E-state index contributed by atoms with van der Waals surface area (Å²) in [4.78, 5) is 25.0. The van der Waals surface area contributed by atoms with Gasteiger partial charge in [-0.15, -0.1) is 11.3 Å². The highest BCUT2D eigenvalue weighted by atomic mass is 32.1. The molecule has 2 aromatic heterocycles. The highest BCUT2D eigenvalue weighted by Crippen LogP contribution is 2.37. The van der Waals surface area contributed by atoms with Crippen LogP contribution >= 0.6 is 11.3 Å². The van der Waals surface area contributed by atoms with Gasteiger partial charge < -0.3 is 25.0 Å². The molecule has 0 radical (unpaired) electrons. The summed E-state index contributed by atoms with van der Waals surface area (Å²) in [5.41, 5.74) is 1.39. The third-order valence-corrected chi connectivity index (χ3v) is 6.81. The number of halogens is 1. The van der Waals surface area contributed by atoms with Gasteiger partial charge in [0.05, 0.1) is 22.6 Å². The van der Waals surface area contributed by atoms with Crippen molar-refractivity contribution in [3.8, 4) is 5.75 Å². The van der Waals surface area contributed by atoms with E-state index in [-0.39, 0.29) is 17.8 Å². The van der Waals surface area contributed by atoms with Gasteiger partial charge in [0.2, 0.25) is 0 Å². The Morgan fingerprint density at radius 3 is 2.97 bits per heavy atom. The van der Waals surface area contributed by atoms with Crippen molar-refractivity contribution in [2.75, 3.05) is 45.7 Å². The smallest absolute Gasteiger partial charge is 0.261 e. The molecule has 1 aliphatic rings. The van der Waals surface area contributed by atoms with Crippen molar-refractivity contribution in [3.05, 3.63) is 40.8 Å². The number of nitrogens with zero attached hydrogens (tertiary/aromatic N) is 3. The molecule has 1 amide bonds. The quantitative estimate of drug-likeness (QED) is 0.439. The first-order valence-electron chi connectivity index (χ1n) is 11.4.